The topological polar surface area (TPSA) is 104 Å². The summed E-state index contributed by atoms with van der Waals surface area (Å²) < 4.78 is 15.1. The number of rotatable bonds is 6. The molecule has 0 aromatic carbocycles. The highest BCUT2D eigenvalue weighted by molar-refractivity contribution is 7.99. The third-order valence-electron chi connectivity index (χ3n) is 2.77. The van der Waals surface area contributed by atoms with Gasteiger partial charge in [0.05, 0.1) is 12.4 Å². The molecule has 0 spiro atoms. The average molecular weight is 315 g/mol. The minimum Gasteiger partial charge on any atom is -0.459 e. The molecule has 0 radical (unpaired) electrons. The lowest BCUT2D eigenvalue weighted by Crippen LogP contribution is -2.39. The highest BCUT2D eigenvalue weighted by atomic mass is 32.2. The van der Waals surface area contributed by atoms with Crippen molar-refractivity contribution >= 4 is 23.6 Å². The van der Waals surface area contributed by atoms with Crippen molar-refractivity contribution in [3.05, 3.63) is 5.89 Å². The van der Waals surface area contributed by atoms with Crippen LogP contribution < -0.4 is 5.32 Å². The van der Waals surface area contributed by atoms with E-state index in [1.165, 1.54) is 0 Å². The lowest BCUT2D eigenvalue weighted by molar-refractivity contribution is -0.119. The summed E-state index contributed by atoms with van der Waals surface area (Å²) in [5.74, 6) is -0.822. The van der Waals surface area contributed by atoms with Crippen LogP contribution in [0.4, 0.5) is 0 Å². The van der Waals surface area contributed by atoms with E-state index >= 15 is 0 Å². The number of thioether (sulfide) groups is 1. The van der Waals surface area contributed by atoms with Crippen LogP contribution in [0, 0.1) is 0 Å². The second-order valence-corrected chi connectivity index (χ2v) is 5.26. The van der Waals surface area contributed by atoms with E-state index in [1.54, 1.807) is 6.92 Å². The van der Waals surface area contributed by atoms with E-state index in [0.717, 1.165) is 24.6 Å². The van der Waals surface area contributed by atoms with E-state index in [-0.39, 0.29) is 35.4 Å². The first kappa shape index (κ1) is 15.8. The quantitative estimate of drug-likeness (QED) is 0.602. The van der Waals surface area contributed by atoms with Crippen LogP contribution in [-0.2, 0) is 14.3 Å². The van der Waals surface area contributed by atoms with E-state index in [2.05, 4.69) is 15.5 Å². The Morgan fingerprint density at radius 1 is 1.38 bits per heavy atom. The fourth-order valence-corrected chi connectivity index (χ4v) is 2.36. The van der Waals surface area contributed by atoms with Gasteiger partial charge < -0.3 is 19.2 Å². The smallest absolute Gasteiger partial charge is 0.396 e. The molecule has 1 fully saturated rings. The lowest BCUT2D eigenvalue weighted by atomic mass is 10.1. The number of nitrogens with one attached hydrogen (secondary N) is 1. The number of hydrogen-bond donors (Lipinski definition) is 1. The van der Waals surface area contributed by atoms with Gasteiger partial charge in [-0.15, -0.1) is 5.10 Å². The van der Waals surface area contributed by atoms with Crippen molar-refractivity contribution in [3.63, 3.8) is 0 Å². The molecule has 8 nitrogen and oxygen atoms in total. The van der Waals surface area contributed by atoms with Crippen molar-refractivity contribution in [2.24, 2.45) is 0 Å². The van der Waals surface area contributed by atoms with Crippen LogP contribution in [0.5, 0.6) is 0 Å². The van der Waals surface area contributed by atoms with Gasteiger partial charge in [-0.25, -0.2) is 4.79 Å². The van der Waals surface area contributed by atoms with Crippen molar-refractivity contribution in [2.45, 2.75) is 31.0 Å². The Kier molecular flexibility index (Phi) is 6.00. The molecule has 0 unspecified atom stereocenters. The zero-order valence-electron chi connectivity index (χ0n) is 11.7. The molecule has 1 aliphatic heterocycles. The number of aromatic nitrogens is 2. The molecule has 21 heavy (non-hydrogen) atoms. The Balaban J connectivity index is 1.74. The molecule has 2 heterocycles. The Bertz CT molecular complexity index is 487. The van der Waals surface area contributed by atoms with Crippen molar-refractivity contribution in [1.29, 1.82) is 0 Å². The van der Waals surface area contributed by atoms with Crippen LogP contribution in [0.3, 0.4) is 0 Å². The van der Waals surface area contributed by atoms with Gasteiger partial charge in [0.1, 0.15) is 0 Å². The molecular weight excluding hydrogens is 298 g/mol. The second-order valence-electron chi connectivity index (χ2n) is 4.34. The number of carbonyl (C=O) groups excluding carboxylic acids is 2. The van der Waals surface area contributed by atoms with E-state index in [1.807, 2.05) is 0 Å². The molecule has 1 N–H and O–H groups in total. The Labute approximate surface area is 126 Å². The van der Waals surface area contributed by atoms with E-state index < -0.39 is 5.97 Å². The molecule has 1 aromatic heterocycles. The number of ether oxygens (including phenoxy) is 2. The minimum atomic E-state index is -0.663. The van der Waals surface area contributed by atoms with Gasteiger partial charge in [0.15, 0.2) is 0 Å². The Hall–Kier alpha value is -1.61. The SMILES string of the molecule is CCOC(=O)c1nnc(SCC(=O)NC2CCOCC2)o1. The Morgan fingerprint density at radius 2 is 2.14 bits per heavy atom. The number of nitrogens with zero attached hydrogens (tertiary/aromatic N) is 2. The fraction of sp³-hybridized carbons (Fsp3) is 0.667. The summed E-state index contributed by atoms with van der Waals surface area (Å²) >= 11 is 1.08. The molecule has 9 heteroatoms. The zero-order chi connectivity index (χ0) is 15.1. The average Bonchev–Trinajstić information content (AvgIpc) is 2.95. The largest absolute Gasteiger partial charge is 0.459 e. The van der Waals surface area contributed by atoms with E-state index in [9.17, 15) is 9.59 Å². The molecule has 1 aromatic rings. The molecule has 0 saturated carbocycles. The standard InChI is InChI=1S/C12H17N3O5S/c1-2-19-11(17)10-14-15-12(20-10)21-7-9(16)13-8-3-5-18-6-4-8/h8H,2-7H2,1H3,(H,13,16). The highest BCUT2D eigenvalue weighted by Gasteiger charge is 2.19. The number of hydrogen-bond acceptors (Lipinski definition) is 8. The maximum Gasteiger partial charge on any atom is 0.396 e. The summed E-state index contributed by atoms with van der Waals surface area (Å²) in [5, 5.41) is 10.3. The van der Waals surface area contributed by atoms with Crippen LogP contribution >= 0.6 is 11.8 Å². The van der Waals surface area contributed by atoms with Crippen molar-refractivity contribution in [3.8, 4) is 0 Å². The lowest BCUT2D eigenvalue weighted by Gasteiger charge is -2.22. The maximum absolute atomic E-state index is 11.8. The third-order valence-corrected chi connectivity index (χ3v) is 3.59. The minimum absolute atomic E-state index is 0.109. The van der Waals surface area contributed by atoms with Crippen LogP contribution in [0.1, 0.15) is 30.5 Å². The van der Waals surface area contributed by atoms with Crippen molar-refractivity contribution in [2.75, 3.05) is 25.6 Å². The summed E-state index contributed by atoms with van der Waals surface area (Å²) in [6, 6.07) is 0.157. The van der Waals surface area contributed by atoms with Crippen LogP contribution in [0.25, 0.3) is 0 Å². The van der Waals surface area contributed by atoms with Crippen molar-refractivity contribution < 1.29 is 23.5 Å². The predicted octanol–water partition coefficient (Wildman–Crippen LogP) is 0.634. The molecule has 116 valence electrons. The summed E-state index contributed by atoms with van der Waals surface area (Å²) in [5.41, 5.74) is 0. The van der Waals surface area contributed by atoms with Crippen LogP contribution in [-0.4, -0.2) is 53.7 Å². The van der Waals surface area contributed by atoms with E-state index in [0.29, 0.717) is 13.2 Å². The van der Waals surface area contributed by atoms with Crippen LogP contribution in [0.15, 0.2) is 9.64 Å². The normalized spacial score (nSPS) is 15.7. The summed E-state index contributed by atoms with van der Waals surface area (Å²) in [6.07, 6.45) is 1.65. The van der Waals surface area contributed by atoms with Gasteiger partial charge in [-0.2, -0.15) is 0 Å². The molecular formula is C12H17N3O5S. The number of esters is 1. The third kappa shape index (κ3) is 5.01. The summed E-state index contributed by atoms with van der Waals surface area (Å²) in [7, 11) is 0. The zero-order valence-corrected chi connectivity index (χ0v) is 12.5. The monoisotopic (exact) mass is 315 g/mol. The van der Waals surface area contributed by atoms with Gasteiger partial charge in [-0.1, -0.05) is 16.9 Å². The first-order chi connectivity index (χ1) is 10.2. The molecule has 0 aliphatic carbocycles. The fourth-order valence-electron chi connectivity index (χ4n) is 1.78. The molecule has 0 bridgehead atoms. The first-order valence-electron chi connectivity index (χ1n) is 6.69. The summed E-state index contributed by atoms with van der Waals surface area (Å²) in [4.78, 5) is 23.1. The van der Waals surface area contributed by atoms with Gasteiger partial charge in [0.25, 0.3) is 5.22 Å². The van der Waals surface area contributed by atoms with E-state index in [4.69, 9.17) is 13.9 Å². The molecule has 1 saturated heterocycles. The van der Waals surface area contributed by atoms with Gasteiger partial charge in [0, 0.05) is 19.3 Å². The molecule has 1 aliphatic rings. The van der Waals surface area contributed by atoms with Gasteiger partial charge in [0.2, 0.25) is 5.91 Å². The van der Waals surface area contributed by atoms with Gasteiger partial charge in [-0.05, 0) is 19.8 Å². The van der Waals surface area contributed by atoms with Crippen LogP contribution in [0.2, 0.25) is 0 Å². The summed E-state index contributed by atoms with van der Waals surface area (Å²) in [6.45, 7) is 3.26. The number of carbonyl (C=O) groups is 2. The molecule has 0 atom stereocenters. The molecule has 2 rings (SSSR count). The predicted molar refractivity (Wildman–Crippen MR) is 73.0 cm³/mol. The second kappa shape index (κ2) is 7.99. The number of amides is 1. The first-order valence-corrected chi connectivity index (χ1v) is 7.68. The highest BCUT2D eigenvalue weighted by Crippen LogP contribution is 2.16. The van der Waals surface area contributed by atoms with Crippen molar-refractivity contribution in [1.82, 2.24) is 15.5 Å². The molecule has 1 amide bonds. The maximum atomic E-state index is 11.8. The van der Waals surface area contributed by atoms with Gasteiger partial charge >= 0.3 is 11.9 Å². The Morgan fingerprint density at radius 3 is 2.86 bits per heavy atom. The van der Waals surface area contributed by atoms with Gasteiger partial charge in [-0.3, -0.25) is 4.79 Å².